The van der Waals surface area contributed by atoms with Crippen LogP contribution in [0.5, 0.6) is 5.75 Å². The van der Waals surface area contributed by atoms with E-state index in [1.807, 2.05) is 18.2 Å². The van der Waals surface area contributed by atoms with Crippen LogP contribution in [0.3, 0.4) is 0 Å². The second-order valence-electron chi connectivity index (χ2n) is 7.46. The number of rotatable bonds is 9. The molecule has 1 aliphatic heterocycles. The largest absolute Gasteiger partial charge is 0.494 e. The van der Waals surface area contributed by atoms with E-state index in [1.165, 1.54) is 32.1 Å². The molecule has 1 aromatic rings. The molecule has 1 fully saturated rings. The molecule has 26 heavy (non-hydrogen) atoms. The zero-order chi connectivity index (χ0) is 18.2. The van der Waals surface area contributed by atoms with Crippen molar-refractivity contribution in [3.63, 3.8) is 0 Å². The molecular formula is C21H30N2O3. The van der Waals surface area contributed by atoms with Gasteiger partial charge in [0.15, 0.2) is 0 Å². The summed E-state index contributed by atoms with van der Waals surface area (Å²) in [6, 6.07) is 5.74. The number of ether oxygens (including phenoxy) is 1. The van der Waals surface area contributed by atoms with Crippen LogP contribution in [0.25, 0.3) is 0 Å². The standard InChI is InChI=1S/C21H30N2O3/c24-20(22-13-3-7-16-5-1-2-6-16)8-4-14-26-18-10-11-19-17(15-18)9-12-21(25)23-19/h10-11,15-16H,1-9,12-14H2,(H,22,24)(H,23,25). The first-order valence-corrected chi connectivity index (χ1v) is 10.0. The van der Waals surface area contributed by atoms with E-state index in [9.17, 15) is 9.59 Å². The summed E-state index contributed by atoms with van der Waals surface area (Å²) in [6.07, 6.45) is 10.4. The molecule has 0 atom stereocenters. The first kappa shape index (κ1) is 18.7. The Morgan fingerprint density at radius 1 is 1.19 bits per heavy atom. The molecule has 5 heteroatoms. The maximum atomic E-state index is 11.9. The van der Waals surface area contributed by atoms with E-state index in [4.69, 9.17) is 4.74 Å². The molecule has 142 valence electrons. The maximum Gasteiger partial charge on any atom is 0.224 e. The quantitative estimate of drug-likeness (QED) is 0.660. The Kier molecular flexibility index (Phi) is 6.92. The van der Waals surface area contributed by atoms with Crippen LogP contribution >= 0.6 is 0 Å². The lowest BCUT2D eigenvalue weighted by molar-refractivity contribution is -0.121. The number of hydrogen-bond donors (Lipinski definition) is 2. The molecule has 0 saturated heterocycles. The molecule has 1 saturated carbocycles. The van der Waals surface area contributed by atoms with Gasteiger partial charge in [-0.2, -0.15) is 0 Å². The van der Waals surface area contributed by atoms with Crippen LogP contribution in [0.4, 0.5) is 5.69 Å². The van der Waals surface area contributed by atoms with Gasteiger partial charge in [0.25, 0.3) is 0 Å². The normalized spacial score (nSPS) is 16.8. The van der Waals surface area contributed by atoms with Gasteiger partial charge < -0.3 is 15.4 Å². The second kappa shape index (κ2) is 9.60. The van der Waals surface area contributed by atoms with Gasteiger partial charge in [-0.05, 0) is 55.4 Å². The van der Waals surface area contributed by atoms with Crippen LogP contribution in [0.2, 0.25) is 0 Å². The van der Waals surface area contributed by atoms with Crippen molar-refractivity contribution in [1.29, 1.82) is 0 Å². The van der Waals surface area contributed by atoms with E-state index in [2.05, 4.69) is 10.6 Å². The van der Waals surface area contributed by atoms with Gasteiger partial charge in [-0.3, -0.25) is 9.59 Å². The van der Waals surface area contributed by atoms with Crippen molar-refractivity contribution in [3.05, 3.63) is 23.8 Å². The van der Waals surface area contributed by atoms with Crippen molar-refractivity contribution in [2.24, 2.45) is 5.92 Å². The van der Waals surface area contributed by atoms with E-state index in [0.29, 0.717) is 25.9 Å². The highest BCUT2D eigenvalue weighted by atomic mass is 16.5. The molecule has 0 spiro atoms. The van der Waals surface area contributed by atoms with Crippen LogP contribution in [-0.2, 0) is 16.0 Å². The molecule has 2 amide bonds. The minimum Gasteiger partial charge on any atom is -0.494 e. The number of carbonyl (C=O) groups is 2. The van der Waals surface area contributed by atoms with Crippen LogP contribution < -0.4 is 15.4 Å². The van der Waals surface area contributed by atoms with Crippen molar-refractivity contribution in [1.82, 2.24) is 5.32 Å². The van der Waals surface area contributed by atoms with Crippen LogP contribution in [0, 0.1) is 5.92 Å². The lowest BCUT2D eigenvalue weighted by Gasteiger charge is -2.17. The van der Waals surface area contributed by atoms with Crippen molar-refractivity contribution in [3.8, 4) is 5.75 Å². The summed E-state index contributed by atoms with van der Waals surface area (Å²) in [5.74, 6) is 1.88. The molecule has 1 aromatic carbocycles. The molecule has 3 rings (SSSR count). The number of nitrogens with one attached hydrogen (secondary N) is 2. The van der Waals surface area contributed by atoms with Gasteiger partial charge in [0.2, 0.25) is 11.8 Å². The third-order valence-electron chi connectivity index (χ3n) is 5.38. The molecule has 2 N–H and O–H groups in total. The molecule has 1 heterocycles. The maximum absolute atomic E-state index is 11.9. The summed E-state index contributed by atoms with van der Waals surface area (Å²) in [7, 11) is 0. The summed E-state index contributed by atoms with van der Waals surface area (Å²) in [5, 5.41) is 5.88. The lowest BCUT2D eigenvalue weighted by Crippen LogP contribution is -2.24. The van der Waals surface area contributed by atoms with Crippen LogP contribution in [0.1, 0.15) is 63.4 Å². The minimum atomic E-state index is 0.0698. The highest BCUT2D eigenvalue weighted by Gasteiger charge is 2.15. The van der Waals surface area contributed by atoms with Gasteiger partial charge in [0.1, 0.15) is 5.75 Å². The van der Waals surface area contributed by atoms with Gasteiger partial charge in [-0.1, -0.05) is 25.7 Å². The van der Waals surface area contributed by atoms with Crippen LogP contribution in [-0.4, -0.2) is 25.0 Å². The number of benzene rings is 1. The zero-order valence-corrected chi connectivity index (χ0v) is 15.5. The summed E-state index contributed by atoms with van der Waals surface area (Å²) >= 11 is 0. The number of aryl methyl sites for hydroxylation is 1. The van der Waals surface area contributed by atoms with Gasteiger partial charge in [0, 0.05) is 25.1 Å². The zero-order valence-electron chi connectivity index (χ0n) is 15.5. The number of hydrogen-bond acceptors (Lipinski definition) is 3. The van der Waals surface area contributed by atoms with Crippen molar-refractivity contribution in [2.75, 3.05) is 18.5 Å². The fourth-order valence-corrected chi connectivity index (χ4v) is 3.88. The van der Waals surface area contributed by atoms with Crippen LogP contribution in [0.15, 0.2) is 18.2 Å². The Balaban J connectivity index is 1.26. The predicted molar refractivity (Wildman–Crippen MR) is 102 cm³/mol. The summed E-state index contributed by atoms with van der Waals surface area (Å²) in [4.78, 5) is 23.2. The van der Waals surface area contributed by atoms with E-state index in [1.54, 1.807) is 0 Å². The summed E-state index contributed by atoms with van der Waals surface area (Å²) < 4.78 is 5.75. The fourth-order valence-electron chi connectivity index (χ4n) is 3.88. The molecule has 0 unspecified atom stereocenters. The summed E-state index contributed by atoms with van der Waals surface area (Å²) in [6.45, 7) is 1.33. The SMILES string of the molecule is O=C(CCCOc1ccc2c(c1)CCC(=O)N2)NCCCC1CCCC1. The van der Waals surface area contributed by atoms with Crippen molar-refractivity contribution < 1.29 is 14.3 Å². The first-order chi connectivity index (χ1) is 12.7. The minimum absolute atomic E-state index is 0.0698. The predicted octanol–water partition coefficient (Wildman–Crippen LogP) is 3.82. The fraction of sp³-hybridized carbons (Fsp3) is 0.619. The lowest BCUT2D eigenvalue weighted by atomic mass is 10.0. The molecule has 0 radical (unpaired) electrons. The molecule has 0 bridgehead atoms. The molecule has 2 aliphatic rings. The highest BCUT2D eigenvalue weighted by Crippen LogP contribution is 2.28. The molecule has 1 aliphatic carbocycles. The summed E-state index contributed by atoms with van der Waals surface area (Å²) in [5.41, 5.74) is 1.99. The topological polar surface area (TPSA) is 67.4 Å². The van der Waals surface area contributed by atoms with E-state index in [-0.39, 0.29) is 11.8 Å². The van der Waals surface area contributed by atoms with Gasteiger partial charge in [0.05, 0.1) is 6.61 Å². The van der Waals surface area contributed by atoms with Gasteiger partial charge >= 0.3 is 0 Å². The third-order valence-corrected chi connectivity index (χ3v) is 5.38. The Morgan fingerprint density at radius 2 is 2.04 bits per heavy atom. The molecule has 0 aromatic heterocycles. The third kappa shape index (κ3) is 5.75. The van der Waals surface area contributed by atoms with Crippen molar-refractivity contribution in [2.45, 2.75) is 64.2 Å². The Labute approximate surface area is 155 Å². The monoisotopic (exact) mass is 358 g/mol. The van der Waals surface area contributed by atoms with E-state index >= 15 is 0 Å². The average molecular weight is 358 g/mol. The molecule has 5 nitrogen and oxygen atoms in total. The first-order valence-electron chi connectivity index (χ1n) is 10.0. The number of amides is 2. The Bertz CT molecular complexity index is 624. The highest BCUT2D eigenvalue weighted by molar-refractivity contribution is 5.94. The Morgan fingerprint density at radius 3 is 2.88 bits per heavy atom. The van der Waals surface area contributed by atoms with Gasteiger partial charge in [-0.15, -0.1) is 0 Å². The number of fused-ring (bicyclic) bond motifs is 1. The average Bonchev–Trinajstić information content (AvgIpc) is 3.16. The molecular weight excluding hydrogens is 328 g/mol. The number of anilines is 1. The second-order valence-corrected chi connectivity index (χ2v) is 7.46. The van der Waals surface area contributed by atoms with E-state index in [0.717, 1.165) is 42.3 Å². The number of carbonyl (C=O) groups excluding carboxylic acids is 2. The Hall–Kier alpha value is -2.04. The van der Waals surface area contributed by atoms with Gasteiger partial charge in [-0.25, -0.2) is 0 Å². The smallest absolute Gasteiger partial charge is 0.224 e. The van der Waals surface area contributed by atoms with E-state index < -0.39 is 0 Å². The van der Waals surface area contributed by atoms with Crippen molar-refractivity contribution >= 4 is 17.5 Å².